The fourth-order valence-electron chi connectivity index (χ4n) is 3.94. The molecule has 4 heteroatoms. The second kappa shape index (κ2) is 9.54. The Kier molecular flexibility index (Phi) is 6.85. The summed E-state index contributed by atoms with van der Waals surface area (Å²) in [5.41, 5.74) is 0.448. The van der Waals surface area contributed by atoms with Gasteiger partial charge in [0.05, 0.1) is 0 Å². The van der Waals surface area contributed by atoms with Crippen LogP contribution in [0.1, 0.15) is 63.0 Å². The van der Waals surface area contributed by atoms with Crippen molar-refractivity contribution in [3.63, 3.8) is 0 Å². The van der Waals surface area contributed by atoms with Gasteiger partial charge in [-0.05, 0) is 17.5 Å². The molecule has 1 saturated heterocycles. The van der Waals surface area contributed by atoms with E-state index in [1.807, 2.05) is 60.7 Å². The number of nitrogens with zero attached hydrogens (tertiary/aromatic N) is 1. The zero-order chi connectivity index (χ0) is 19.8. The van der Waals surface area contributed by atoms with Crippen LogP contribution in [-0.2, 0) is 10.3 Å². The van der Waals surface area contributed by atoms with E-state index >= 15 is 0 Å². The SMILES string of the molecule is CCCCCCCCCN1C(=O)NC(c2ccccc2)(c2ccccc2)C1=O. The van der Waals surface area contributed by atoms with Crippen molar-refractivity contribution < 1.29 is 9.59 Å². The van der Waals surface area contributed by atoms with Crippen LogP contribution in [0.5, 0.6) is 0 Å². The molecular formula is C24H30N2O2. The van der Waals surface area contributed by atoms with Crippen molar-refractivity contribution in [1.29, 1.82) is 0 Å². The minimum Gasteiger partial charge on any atom is -0.315 e. The maximum atomic E-state index is 13.5. The van der Waals surface area contributed by atoms with Gasteiger partial charge >= 0.3 is 6.03 Å². The van der Waals surface area contributed by atoms with Crippen LogP contribution in [0, 0.1) is 0 Å². The monoisotopic (exact) mass is 378 g/mol. The van der Waals surface area contributed by atoms with E-state index in [2.05, 4.69) is 12.2 Å². The molecule has 0 bridgehead atoms. The lowest BCUT2D eigenvalue weighted by molar-refractivity contribution is -0.130. The molecule has 3 rings (SSSR count). The third-order valence-electron chi connectivity index (χ3n) is 5.50. The third-order valence-corrected chi connectivity index (χ3v) is 5.50. The Balaban J connectivity index is 1.74. The van der Waals surface area contributed by atoms with Gasteiger partial charge in [0.25, 0.3) is 5.91 Å². The summed E-state index contributed by atoms with van der Waals surface area (Å²) in [7, 11) is 0. The first-order valence-corrected chi connectivity index (χ1v) is 10.5. The van der Waals surface area contributed by atoms with Crippen molar-refractivity contribution >= 4 is 11.9 Å². The van der Waals surface area contributed by atoms with E-state index in [1.54, 1.807) is 0 Å². The standard InChI is InChI=1S/C24H30N2O2/c1-2-3-4-5-6-7-14-19-26-22(27)24(25-23(26)28,20-15-10-8-11-16-20)21-17-12-9-13-18-21/h8-13,15-18H,2-7,14,19H2,1H3,(H,25,28). The van der Waals surface area contributed by atoms with Crippen LogP contribution in [0.3, 0.4) is 0 Å². The number of hydrogen-bond acceptors (Lipinski definition) is 2. The zero-order valence-electron chi connectivity index (χ0n) is 16.7. The average molecular weight is 379 g/mol. The number of urea groups is 1. The topological polar surface area (TPSA) is 49.4 Å². The number of rotatable bonds is 10. The van der Waals surface area contributed by atoms with Crippen LogP contribution in [-0.4, -0.2) is 23.4 Å². The molecule has 0 saturated carbocycles. The van der Waals surface area contributed by atoms with Crippen molar-refractivity contribution in [3.8, 4) is 0 Å². The first-order chi connectivity index (χ1) is 13.7. The van der Waals surface area contributed by atoms with E-state index in [-0.39, 0.29) is 11.9 Å². The highest BCUT2D eigenvalue weighted by molar-refractivity contribution is 6.09. The van der Waals surface area contributed by atoms with Gasteiger partial charge in [0.15, 0.2) is 5.54 Å². The highest BCUT2D eigenvalue weighted by atomic mass is 16.2. The van der Waals surface area contributed by atoms with Crippen LogP contribution in [0.2, 0.25) is 0 Å². The minimum atomic E-state index is -1.14. The number of amides is 3. The summed E-state index contributed by atoms with van der Waals surface area (Å²) in [4.78, 5) is 27.6. The zero-order valence-corrected chi connectivity index (χ0v) is 16.7. The number of imide groups is 1. The highest BCUT2D eigenvalue weighted by Gasteiger charge is 2.53. The van der Waals surface area contributed by atoms with Crippen molar-refractivity contribution in [1.82, 2.24) is 10.2 Å². The molecule has 0 aliphatic carbocycles. The highest BCUT2D eigenvalue weighted by Crippen LogP contribution is 2.36. The fraction of sp³-hybridized carbons (Fsp3) is 0.417. The summed E-state index contributed by atoms with van der Waals surface area (Å²) in [6.45, 7) is 2.68. The molecule has 2 aromatic rings. The van der Waals surface area contributed by atoms with E-state index in [9.17, 15) is 9.59 Å². The number of benzene rings is 2. The summed E-state index contributed by atoms with van der Waals surface area (Å²) in [6, 6.07) is 18.8. The van der Waals surface area contributed by atoms with Crippen LogP contribution < -0.4 is 5.32 Å². The number of carbonyl (C=O) groups excluding carboxylic acids is 2. The Labute approximate surface area is 167 Å². The molecule has 1 heterocycles. The van der Waals surface area contributed by atoms with Gasteiger partial charge in [-0.25, -0.2) is 4.79 Å². The van der Waals surface area contributed by atoms with Gasteiger partial charge < -0.3 is 5.32 Å². The average Bonchev–Trinajstić information content (AvgIpc) is 3.00. The summed E-state index contributed by atoms with van der Waals surface area (Å²) >= 11 is 0. The van der Waals surface area contributed by atoms with E-state index in [1.165, 1.54) is 30.6 Å². The second-order valence-corrected chi connectivity index (χ2v) is 7.49. The molecule has 1 aliphatic rings. The lowest BCUT2D eigenvalue weighted by Crippen LogP contribution is -2.45. The molecule has 3 amide bonds. The van der Waals surface area contributed by atoms with Gasteiger partial charge in [-0.1, -0.05) is 106 Å². The van der Waals surface area contributed by atoms with Crippen molar-refractivity contribution in [2.75, 3.05) is 6.54 Å². The normalized spacial score (nSPS) is 15.7. The quantitative estimate of drug-likeness (QED) is 0.454. The number of unbranched alkanes of at least 4 members (excludes halogenated alkanes) is 6. The first kappa shape index (κ1) is 20.1. The summed E-state index contributed by atoms with van der Waals surface area (Å²) in [5.74, 6) is -0.180. The molecule has 1 N–H and O–H groups in total. The van der Waals surface area contributed by atoms with Gasteiger partial charge in [-0.2, -0.15) is 0 Å². The van der Waals surface area contributed by atoms with Gasteiger partial charge in [0.2, 0.25) is 0 Å². The number of hydrogen-bond donors (Lipinski definition) is 1. The molecular weight excluding hydrogens is 348 g/mol. The van der Waals surface area contributed by atoms with Crippen LogP contribution in [0.15, 0.2) is 60.7 Å². The molecule has 2 aromatic carbocycles. The Hall–Kier alpha value is -2.62. The molecule has 28 heavy (non-hydrogen) atoms. The maximum absolute atomic E-state index is 13.5. The lowest BCUT2D eigenvalue weighted by Gasteiger charge is -2.28. The molecule has 0 atom stereocenters. The van der Waals surface area contributed by atoms with Gasteiger partial charge in [0, 0.05) is 6.54 Å². The Morgan fingerprint density at radius 2 is 1.25 bits per heavy atom. The Morgan fingerprint density at radius 3 is 1.79 bits per heavy atom. The fourth-order valence-corrected chi connectivity index (χ4v) is 3.94. The van der Waals surface area contributed by atoms with Crippen LogP contribution >= 0.6 is 0 Å². The van der Waals surface area contributed by atoms with Gasteiger partial charge in [-0.3, -0.25) is 9.69 Å². The molecule has 0 aromatic heterocycles. The summed E-state index contributed by atoms with van der Waals surface area (Å²) in [5, 5.41) is 3.01. The van der Waals surface area contributed by atoms with Crippen LogP contribution in [0.4, 0.5) is 4.79 Å². The molecule has 1 aliphatic heterocycles. The Bertz CT molecular complexity index is 734. The lowest BCUT2D eigenvalue weighted by atomic mass is 9.82. The van der Waals surface area contributed by atoms with E-state index in [4.69, 9.17) is 0 Å². The largest absolute Gasteiger partial charge is 0.325 e. The number of carbonyl (C=O) groups is 2. The summed E-state index contributed by atoms with van der Waals surface area (Å²) in [6.07, 6.45) is 8.07. The predicted molar refractivity (Wildman–Crippen MR) is 112 cm³/mol. The van der Waals surface area contributed by atoms with Gasteiger partial charge in [-0.15, -0.1) is 0 Å². The molecule has 0 spiro atoms. The smallest absolute Gasteiger partial charge is 0.315 e. The molecule has 0 radical (unpaired) electrons. The second-order valence-electron chi connectivity index (χ2n) is 7.49. The Morgan fingerprint density at radius 1 is 0.750 bits per heavy atom. The van der Waals surface area contributed by atoms with Crippen molar-refractivity contribution in [2.24, 2.45) is 0 Å². The van der Waals surface area contributed by atoms with E-state index < -0.39 is 5.54 Å². The molecule has 1 fully saturated rings. The van der Waals surface area contributed by atoms with Gasteiger partial charge in [0.1, 0.15) is 0 Å². The van der Waals surface area contributed by atoms with E-state index in [0.29, 0.717) is 6.54 Å². The third kappa shape index (κ3) is 4.11. The maximum Gasteiger partial charge on any atom is 0.325 e. The van der Waals surface area contributed by atoms with E-state index in [0.717, 1.165) is 30.4 Å². The molecule has 0 unspecified atom stereocenters. The number of nitrogens with one attached hydrogen (secondary N) is 1. The minimum absolute atomic E-state index is 0.180. The van der Waals surface area contributed by atoms with Crippen molar-refractivity contribution in [2.45, 2.75) is 57.4 Å². The first-order valence-electron chi connectivity index (χ1n) is 10.5. The molecule has 4 nitrogen and oxygen atoms in total. The van der Waals surface area contributed by atoms with Crippen LogP contribution in [0.25, 0.3) is 0 Å². The summed E-state index contributed by atoms with van der Waals surface area (Å²) < 4.78 is 0. The molecule has 148 valence electrons. The van der Waals surface area contributed by atoms with Crippen molar-refractivity contribution in [3.05, 3.63) is 71.8 Å². The predicted octanol–water partition coefficient (Wildman–Crippen LogP) is 5.23.